The Morgan fingerprint density at radius 1 is 1.50 bits per heavy atom. The summed E-state index contributed by atoms with van der Waals surface area (Å²) in [6.45, 7) is 10.1. The molecule has 1 aliphatic rings. The summed E-state index contributed by atoms with van der Waals surface area (Å²) in [5, 5.41) is 3.65. The second-order valence-corrected chi connectivity index (χ2v) is 6.50. The van der Waals surface area contributed by atoms with Crippen LogP contribution in [0.1, 0.15) is 58.6 Å². The number of nitrogens with zero attached hydrogens (tertiary/aromatic N) is 2. The first kappa shape index (κ1) is 13.4. The van der Waals surface area contributed by atoms with Gasteiger partial charge in [-0.05, 0) is 38.0 Å². The Labute approximate surface area is 111 Å². The van der Waals surface area contributed by atoms with Crippen molar-refractivity contribution >= 4 is 5.95 Å². The maximum atomic E-state index is 4.63. The Bertz CT molecular complexity index is 392. The van der Waals surface area contributed by atoms with Crippen LogP contribution in [0.3, 0.4) is 0 Å². The third kappa shape index (κ3) is 3.27. The highest BCUT2D eigenvalue weighted by Crippen LogP contribution is 2.38. The summed E-state index contributed by atoms with van der Waals surface area (Å²) >= 11 is 0. The molecule has 1 saturated carbocycles. The molecular weight excluding hydrogens is 222 g/mol. The van der Waals surface area contributed by atoms with Crippen molar-refractivity contribution in [1.82, 2.24) is 9.55 Å². The molecule has 1 N–H and O–H groups in total. The van der Waals surface area contributed by atoms with Crippen LogP contribution in [0.25, 0.3) is 0 Å². The summed E-state index contributed by atoms with van der Waals surface area (Å²) in [6.07, 6.45) is 8.46. The minimum atomic E-state index is 0.494. The van der Waals surface area contributed by atoms with Gasteiger partial charge in [-0.3, -0.25) is 0 Å². The van der Waals surface area contributed by atoms with Gasteiger partial charge < -0.3 is 9.88 Å². The first-order chi connectivity index (χ1) is 8.50. The molecular formula is C15H27N3. The normalized spacial score (nSPS) is 22.3. The lowest BCUT2D eigenvalue weighted by molar-refractivity contribution is 0.378. The summed E-state index contributed by atoms with van der Waals surface area (Å²) in [6, 6.07) is 0.599. The van der Waals surface area contributed by atoms with Gasteiger partial charge in [0.25, 0.3) is 0 Å². The topological polar surface area (TPSA) is 29.9 Å². The van der Waals surface area contributed by atoms with Crippen LogP contribution in [0.15, 0.2) is 6.20 Å². The average Bonchev–Trinajstić information content (AvgIpc) is 2.79. The van der Waals surface area contributed by atoms with Crippen LogP contribution in [-0.2, 0) is 6.54 Å². The van der Waals surface area contributed by atoms with Crippen LogP contribution in [-0.4, -0.2) is 15.6 Å². The van der Waals surface area contributed by atoms with Gasteiger partial charge in [0, 0.05) is 18.8 Å². The molecule has 1 aromatic heterocycles. The molecule has 0 bridgehead atoms. The van der Waals surface area contributed by atoms with E-state index in [0.717, 1.165) is 18.2 Å². The van der Waals surface area contributed by atoms with Gasteiger partial charge in [-0.2, -0.15) is 0 Å². The molecule has 0 saturated heterocycles. The number of rotatable bonds is 5. The molecule has 0 amide bonds. The first-order valence-electron chi connectivity index (χ1n) is 7.30. The van der Waals surface area contributed by atoms with Crippen molar-refractivity contribution in [3.63, 3.8) is 0 Å². The summed E-state index contributed by atoms with van der Waals surface area (Å²) in [4.78, 5) is 4.63. The van der Waals surface area contributed by atoms with E-state index in [1.165, 1.54) is 32.1 Å². The number of nitrogens with one attached hydrogen (secondary N) is 1. The number of unbranched alkanes of at least 4 members (excludes halogenated alkanes) is 1. The monoisotopic (exact) mass is 249 g/mol. The highest BCUT2D eigenvalue weighted by Gasteiger charge is 2.31. The van der Waals surface area contributed by atoms with E-state index in [1.54, 1.807) is 0 Å². The molecule has 0 radical (unpaired) electrons. The highest BCUT2D eigenvalue weighted by atomic mass is 15.2. The third-order valence-corrected chi connectivity index (χ3v) is 3.95. The molecule has 1 atom stereocenters. The van der Waals surface area contributed by atoms with Gasteiger partial charge in [0.2, 0.25) is 5.95 Å². The van der Waals surface area contributed by atoms with E-state index < -0.39 is 0 Å². The van der Waals surface area contributed by atoms with E-state index in [1.807, 2.05) is 0 Å². The van der Waals surface area contributed by atoms with Gasteiger partial charge in [0.15, 0.2) is 0 Å². The van der Waals surface area contributed by atoms with Crippen LogP contribution in [0.4, 0.5) is 5.95 Å². The molecule has 102 valence electrons. The first-order valence-corrected chi connectivity index (χ1v) is 7.30. The minimum absolute atomic E-state index is 0.494. The zero-order valence-electron chi connectivity index (χ0n) is 12.3. The maximum absolute atomic E-state index is 4.63. The van der Waals surface area contributed by atoms with Gasteiger partial charge in [-0.25, -0.2) is 4.98 Å². The fourth-order valence-corrected chi connectivity index (χ4v) is 2.90. The average molecular weight is 249 g/mol. The van der Waals surface area contributed by atoms with E-state index >= 15 is 0 Å². The predicted octanol–water partition coefficient (Wildman–Crippen LogP) is 3.98. The zero-order chi connectivity index (χ0) is 13.2. The van der Waals surface area contributed by atoms with Gasteiger partial charge in [0.1, 0.15) is 0 Å². The molecule has 1 fully saturated rings. The molecule has 1 unspecified atom stereocenters. The van der Waals surface area contributed by atoms with Gasteiger partial charge in [0.05, 0.1) is 5.69 Å². The lowest BCUT2D eigenvalue weighted by Crippen LogP contribution is -2.20. The highest BCUT2D eigenvalue weighted by molar-refractivity contribution is 5.30. The van der Waals surface area contributed by atoms with Crippen LogP contribution in [0.2, 0.25) is 0 Å². The van der Waals surface area contributed by atoms with Crippen LogP contribution in [0.5, 0.6) is 0 Å². The molecule has 18 heavy (non-hydrogen) atoms. The standard InChI is InChI=1S/C15H27N3/c1-5-6-9-18-11-12(2)16-14(18)17-13-7-8-15(3,4)10-13/h11,13H,5-10H2,1-4H3,(H,16,17). The van der Waals surface area contributed by atoms with Gasteiger partial charge in [-0.1, -0.05) is 27.2 Å². The smallest absolute Gasteiger partial charge is 0.203 e. The van der Waals surface area contributed by atoms with E-state index in [0.29, 0.717) is 11.5 Å². The Morgan fingerprint density at radius 3 is 2.89 bits per heavy atom. The second kappa shape index (κ2) is 5.33. The van der Waals surface area contributed by atoms with Gasteiger partial charge in [-0.15, -0.1) is 0 Å². The number of aromatic nitrogens is 2. The summed E-state index contributed by atoms with van der Waals surface area (Å²) in [5.41, 5.74) is 1.61. The molecule has 1 aliphatic carbocycles. The Morgan fingerprint density at radius 2 is 2.28 bits per heavy atom. The van der Waals surface area contributed by atoms with E-state index in [-0.39, 0.29) is 0 Å². The lowest BCUT2D eigenvalue weighted by Gasteiger charge is -2.18. The van der Waals surface area contributed by atoms with Crippen molar-refractivity contribution in [2.45, 2.75) is 72.4 Å². The number of aryl methyl sites for hydroxylation is 2. The molecule has 0 spiro atoms. The van der Waals surface area contributed by atoms with E-state index in [9.17, 15) is 0 Å². The third-order valence-electron chi connectivity index (χ3n) is 3.95. The number of anilines is 1. The zero-order valence-corrected chi connectivity index (χ0v) is 12.3. The van der Waals surface area contributed by atoms with Crippen LogP contribution >= 0.6 is 0 Å². The fraction of sp³-hybridized carbons (Fsp3) is 0.800. The van der Waals surface area contributed by atoms with Crippen LogP contribution in [0, 0.1) is 12.3 Å². The van der Waals surface area contributed by atoms with Crippen LogP contribution < -0.4 is 5.32 Å². The summed E-state index contributed by atoms with van der Waals surface area (Å²) < 4.78 is 2.28. The van der Waals surface area contributed by atoms with Crippen molar-refractivity contribution in [1.29, 1.82) is 0 Å². The van der Waals surface area contributed by atoms with Gasteiger partial charge >= 0.3 is 0 Å². The summed E-state index contributed by atoms with van der Waals surface area (Å²) in [5.74, 6) is 1.07. The fourth-order valence-electron chi connectivity index (χ4n) is 2.90. The van der Waals surface area contributed by atoms with Crippen molar-refractivity contribution in [2.24, 2.45) is 5.41 Å². The molecule has 1 heterocycles. The predicted molar refractivity (Wildman–Crippen MR) is 76.9 cm³/mol. The lowest BCUT2D eigenvalue weighted by atomic mass is 9.92. The Balaban J connectivity index is 2.00. The second-order valence-electron chi connectivity index (χ2n) is 6.50. The Hall–Kier alpha value is -0.990. The molecule has 3 heteroatoms. The molecule has 1 aromatic rings. The molecule has 0 aliphatic heterocycles. The largest absolute Gasteiger partial charge is 0.353 e. The van der Waals surface area contributed by atoms with Crippen molar-refractivity contribution in [3.8, 4) is 0 Å². The minimum Gasteiger partial charge on any atom is -0.353 e. The van der Waals surface area contributed by atoms with Crippen molar-refractivity contribution in [3.05, 3.63) is 11.9 Å². The molecule has 3 nitrogen and oxygen atoms in total. The van der Waals surface area contributed by atoms with Crippen molar-refractivity contribution < 1.29 is 0 Å². The Kier molecular flexibility index (Phi) is 3.98. The van der Waals surface area contributed by atoms with Crippen molar-refractivity contribution in [2.75, 3.05) is 5.32 Å². The SMILES string of the molecule is CCCCn1cc(C)nc1NC1CCC(C)(C)C1. The molecule has 0 aromatic carbocycles. The number of hydrogen-bond donors (Lipinski definition) is 1. The number of imidazole rings is 1. The van der Waals surface area contributed by atoms with E-state index in [4.69, 9.17) is 0 Å². The summed E-state index contributed by atoms with van der Waals surface area (Å²) in [7, 11) is 0. The maximum Gasteiger partial charge on any atom is 0.203 e. The molecule has 2 rings (SSSR count). The van der Waals surface area contributed by atoms with E-state index in [2.05, 4.69) is 48.8 Å². The quantitative estimate of drug-likeness (QED) is 0.855. The number of hydrogen-bond acceptors (Lipinski definition) is 2.